The molecule has 0 atom stereocenters. The summed E-state index contributed by atoms with van der Waals surface area (Å²) in [7, 11) is 0. The highest BCUT2D eigenvalue weighted by molar-refractivity contribution is 14.1. The molecule has 1 rings (SSSR count). The van der Waals surface area contributed by atoms with Crippen LogP contribution in [-0.2, 0) is 0 Å². The fourth-order valence-electron chi connectivity index (χ4n) is 0.953. The number of hydrogen-bond donors (Lipinski definition) is 1. The Kier molecular flexibility index (Phi) is 3.75. The van der Waals surface area contributed by atoms with E-state index in [2.05, 4.69) is 28.7 Å². The molecule has 0 bridgehead atoms. The summed E-state index contributed by atoms with van der Waals surface area (Å²) >= 11 is 3.80. The summed E-state index contributed by atoms with van der Waals surface area (Å²) in [6.45, 7) is 1.94. The van der Waals surface area contributed by atoms with E-state index < -0.39 is 0 Å². The van der Waals surface area contributed by atoms with Gasteiger partial charge in [-0.15, -0.1) is 11.3 Å². The lowest BCUT2D eigenvalue weighted by molar-refractivity contribution is 1.15. The van der Waals surface area contributed by atoms with Crippen LogP contribution in [0.4, 0.5) is 0 Å². The number of nitriles is 1. The highest BCUT2D eigenvalue weighted by Gasteiger charge is 2.08. The van der Waals surface area contributed by atoms with Crippen molar-refractivity contribution >= 4 is 39.6 Å². The monoisotopic (exact) mass is 304 g/mol. The minimum absolute atomic E-state index is 0.629. The van der Waals surface area contributed by atoms with Crippen molar-refractivity contribution in [2.24, 2.45) is 5.73 Å². The molecule has 0 radical (unpaired) electrons. The van der Waals surface area contributed by atoms with E-state index in [0.717, 1.165) is 8.45 Å². The highest BCUT2D eigenvalue weighted by atomic mass is 127. The summed E-state index contributed by atoms with van der Waals surface area (Å²) in [5, 5.41) is 10.8. The number of halogens is 1. The van der Waals surface area contributed by atoms with Gasteiger partial charge in [0.1, 0.15) is 0 Å². The number of allylic oxidation sites excluding steroid dienone is 1. The number of rotatable bonds is 2. The van der Waals surface area contributed by atoms with Gasteiger partial charge in [-0.2, -0.15) is 5.26 Å². The summed E-state index contributed by atoms with van der Waals surface area (Å²) in [5.74, 6) is 0. The largest absolute Gasteiger partial charge is 0.397 e. The summed E-state index contributed by atoms with van der Waals surface area (Å²) < 4.78 is 1.11. The maximum absolute atomic E-state index is 8.80. The fourth-order valence-corrected chi connectivity index (χ4v) is 2.82. The molecule has 68 valence electrons. The third-order valence-electron chi connectivity index (χ3n) is 1.68. The lowest BCUT2D eigenvalue weighted by Gasteiger charge is -2.01. The zero-order valence-corrected chi connectivity index (χ0v) is 10.1. The van der Waals surface area contributed by atoms with Crippen molar-refractivity contribution in [2.45, 2.75) is 13.3 Å². The second-order valence-corrected chi connectivity index (χ2v) is 4.53. The quantitative estimate of drug-likeness (QED) is 0.674. The Labute approximate surface area is 95.2 Å². The van der Waals surface area contributed by atoms with E-state index in [4.69, 9.17) is 11.0 Å². The van der Waals surface area contributed by atoms with Crippen molar-refractivity contribution in [1.29, 1.82) is 5.26 Å². The molecular formula is C9H9IN2S. The van der Waals surface area contributed by atoms with E-state index >= 15 is 0 Å². The van der Waals surface area contributed by atoms with E-state index in [0.29, 0.717) is 17.7 Å². The minimum atomic E-state index is 0.629. The van der Waals surface area contributed by atoms with Crippen LogP contribution in [0.5, 0.6) is 0 Å². The first-order valence-electron chi connectivity index (χ1n) is 3.82. The van der Waals surface area contributed by atoms with Crippen molar-refractivity contribution in [3.05, 3.63) is 25.5 Å². The maximum Gasteiger partial charge on any atom is 0.0969 e. The second-order valence-electron chi connectivity index (χ2n) is 2.46. The average Bonchev–Trinajstić information content (AvgIpc) is 2.53. The zero-order valence-electron chi connectivity index (χ0n) is 7.17. The molecule has 1 aromatic rings. The van der Waals surface area contributed by atoms with Crippen molar-refractivity contribution < 1.29 is 0 Å². The SMILES string of the molecule is CC/C(C#N)=C(/N)c1sccc1I. The molecule has 0 aliphatic heterocycles. The summed E-state index contributed by atoms with van der Waals surface area (Å²) in [4.78, 5) is 1.01. The Bertz CT molecular complexity index is 373. The third-order valence-corrected chi connectivity index (χ3v) is 3.89. The molecule has 2 N–H and O–H groups in total. The molecule has 0 fully saturated rings. The van der Waals surface area contributed by atoms with Gasteiger partial charge >= 0.3 is 0 Å². The zero-order chi connectivity index (χ0) is 9.84. The Hall–Kier alpha value is -0.540. The van der Waals surface area contributed by atoms with Crippen LogP contribution in [0.2, 0.25) is 0 Å². The van der Waals surface area contributed by atoms with Gasteiger partial charge in [-0.25, -0.2) is 0 Å². The smallest absolute Gasteiger partial charge is 0.0969 e. The normalized spacial score (nSPS) is 12.1. The predicted molar refractivity (Wildman–Crippen MR) is 64.0 cm³/mol. The first-order valence-corrected chi connectivity index (χ1v) is 5.78. The lowest BCUT2D eigenvalue weighted by atomic mass is 10.1. The van der Waals surface area contributed by atoms with Crippen molar-refractivity contribution in [2.75, 3.05) is 0 Å². The first kappa shape index (κ1) is 10.5. The van der Waals surface area contributed by atoms with Gasteiger partial charge in [-0.05, 0) is 40.5 Å². The van der Waals surface area contributed by atoms with Crippen LogP contribution in [0.15, 0.2) is 17.0 Å². The molecule has 0 aliphatic carbocycles. The first-order chi connectivity index (χ1) is 6.20. The number of thiophene rings is 1. The van der Waals surface area contributed by atoms with Crippen molar-refractivity contribution in [3.8, 4) is 6.07 Å². The van der Waals surface area contributed by atoms with Crippen LogP contribution in [-0.4, -0.2) is 0 Å². The van der Waals surface area contributed by atoms with Crippen molar-refractivity contribution in [1.82, 2.24) is 0 Å². The second kappa shape index (κ2) is 4.63. The van der Waals surface area contributed by atoms with Gasteiger partial charge < -0.3 is 5.73 Å². The molecule has 0 saturated heterocycles. The molecule has 0 spiro atoms. The van der Waals surface area contributed by atoms with E-state index in [1.165, 1.54) is 0 Å². The van der Waals surface area contributed by atoms with E-state index in [1.807, 2.05) is 18.4 Å². The van der Waals surface area contributed by atoms with Crippen LogP contribution in [0.1, 0.15) is 18.2 Å². The number of nitrogens with zero attached hydrogens (tertiary/aromatic N) is 1. The standard InChI is InChI=1S/C9H9IN2S/c1-2-6(5-11)8(12)9-7(10)3-4-13-9/h3-4H,2,12H2,1H3/b8-6-. The lowest BCUT2D eigenvalue weighted by Crippen LogP contribution is -1.99. The van der Waals surface area contributed by atoms with Gasteiger partial charge in [-0.3, -0.25) is 0 Å². The maximum atomic E-state index is 8.80. The van der Waals surface area contributed by atoms with Gasteiger partial charge in [-0.1, -0.05) is 6.92 Å². The Balaban J connectivity index is 3.17. The van der Waals surface area contributed by atoms with Crippen LogP contribution in [0, 0.1) is 14.9 Å². The fraction of sp³-hybridized carbons (Fsp3) is 0.222. The van der Waals surface area contributed by atoms with E-state index in [9.17, 15) is 0 Å². The molecule has 13 heavy (non-hydrogen) atoms. The summed E-state index contributed by atoms with van der Waals surface area (Å²) in [5.41, 5.74) is 7.16. The Morgan fingerprint density at radius 3 is 2.85 bits per heavy atom. The average molecular weight is 304 g/mol. The molecule has 1 aromatic heterocycles. The molecule has 0 amide bonds. The topological polar surface area (TPSA) is 49.8 Å². The number of nitrogens with two attached hydrogens (primary N) is 1. The van der Waals surface area contributed by atoms with Gasteiger partial charge in [0.25, 0.3) is 0 Å². The molecule has 2 nitrogen and oxygen atoms in total. The van der Waals surface area contributed by atoms with E-state index in [1.54, 1.807) is 11.3 Å². The van der Waals surface area contributed by atoms with Crippen LogP contribution in [0.3, 0.4) is 0 Å². The van der Waals surface area contributed by atoms with E-state index in [-0.39, 0.29) is 0 Å². The third kappa shape index (κ3) is 2.23. The molecular weight excluding hydrogens is 295 g/mol. The molecule has 1 heterocycles. The predicted octanol–water partition coefficient (Wildman–Crippen LogP) is 2.96. The van der Waals surface area contributed by atoms with Gasteiger partial charge in [0.15, 0.2) is 0 Å². The molecule has 0 aliphatic rings. The molecule has 0 unspecified atom stereocenters. The molecule has 0 saturated carbocycles. The van der Waals surface area contributed by atoms with Gasteiger partial charge in [0.2, 0.25) is 0 Å². The molecule has 4 heteroatoms. The van der Waals surface area contributed by atoms with Crippen LogP contribution in [0.25, 0.3) is 5.70 Å². The highest BCUT2D eigenvalue weighted by Crippen LogP contribution is 2.26. The minimum Gasteiger partial charge on any atom is -0.397 e. The van der Waals surface area contributed by atoms with Gasteiger partial charge in [0.05, 0.1) is 22.2 Å². The van der Waals surface area contributed by atoms with Crippen molar-refractivity contribution in [3.63, 3.8) is 0 Å². The molecule has 0 aromatic carbocycles. The van der Waals surface area contributed by atoms with Crippen LogP contribution < -0.4 is 5.73 Å². The van der Waals surface area contributed by atoms with Gasteiger partial charge in [0, 0.05) is 3.57 Å². The summed E-state index contributed by atoms with van der Waals surface area (Å²) in [6.07, 6.45) is 0.691. The Morgan fingerprint density at radius 1 is 1.77 bits per heavy atom. The summed E-state index contributed by atoms with van der Waals surface area (Å²) in [6, 6.07) is 4.12. The Morgan fingerprint density at radius 2 is 2.46 bits per heavy atom. The number of hydrogen-bond acceptors (Lipinski definition) is 3. The van der Waals surface area contributed by atoms with Crippen LogP contribution >= 0.6 is 33.9 Å².